The van der Waals surface area contributed by atoms with Crippen LogP contribution in [-0.2, 0) is 11.3 Å². The number of hydrogen-bond acceptors (Lipinski definition) is 4. The zero-order valence-electron chi connectivity index (χ0n) is 18.6. The predicted molar refractivity (Wildman–Crippen MR) is 130 cm³/mol. The van der Waals surface area contributed by atoms with Gasteiger partial charge in [0.15, 0.2) is 0 Å². The Hall–Kier alpha value is -3.27. The van der Waals surface area contributed by atoms with Gasteiger partial charge in [-0.3, -0.25) is 9.59 Å². The first-order valence-electron chi connectivity index (χ1n) is 10.4. The summed E-state index contributed by atoms with van der Waals surface area (Å²) in [5, 5.41) is 4.69. The summed E-state index contributed by atoms with van der Waals surface area (Å²) in [6.45, 7) is 1.91. The molecular formula is C24H20Cl2F2N4O3. The van der Waals surface area contributed by atoms with Crippen LogP contribution in [0.2, 0.25) is 5.02 Å². The molecule has 0 spiro atoms. The Morgan fingerprint density at radius 3 is 2.66 bits per heavy atom. The van der Waals surface area contributed by atoms with Crippen LogP contribution in [0.5, 0.6) is 0 Å². The van der Waals surface area contributed by atoms with Crippen LogP contribution in [0.15, 0.2) is 48.6 Å². The Morgan fingerprint density at radius 2 is 1.94 bits per heavy atom. The SMILES string of the molecule is COCc1nc2c(C(=O)NC3C=CC=CC3(C)Cl)cc(NC(=O)c3c(F)ccc(F)c3Cl)cc2[nH]1. The number of H-pyrrole nitrogens is 1. The molecule has 2 unspecified atom stereocenters. The van der Waals surface area contributed by atoms with E-state index >= 15 is 0 Å². The molecule has 1 heterocycles. The number of carbonyl (C=O) groups excluding carboxylic acids is 2. The molecule has 11 heteroatoms. The summed E-state index contributed by atoms with van der Waals surface area (Å²) in [5.74, 6) is -2.97. The van der Waals surface area contributed by atoms with Crippen molar-refractivity contribution in [2.24, 2.45) is 0 Å². The van der Waals surface area contributed by atoms with Gasteiger partial charge in [0.25, 0.3) is 11.8 Å². The van der Waals surface area contributed by atoms with E-state index in [2.05, 4.69) is 20.6 Å². The maximum absolute atomic E-state index is 14.2. The van der Waals surface area contributed by atoms with Crippen molar-refractivity contribution in [1.82, 2.24) is 15.3 Å². The molecule has 0 saturated carbocycles. The summed E-state index contributed by atoms with van der Waals surface area (Å²) >= 11 is 12.3. The number of hydrogen-bond donors (Lipinski definition) is 3. The minimum absolute atomic E-state index is 0.123. The quantitative estimate of drug-likeness (QED) is 0.310. The molecule has 1 aromatic heterocycles. The lowest BCUT2D eigenvalue weighted by atomic mass is 9.95. The zero-order chi connectivity index (χ0) is 25.3. The van der Waals surface area contributed by atoms with Crippen LogP contribution in [0.3, 0.4) is 0 Å². The van der Waals surface area contributed by atoms with Crippen molar-refractivity contribution < 1.29 is 23.1 Å². The molecule has 1 aliphatic rings. The number of carbonyl (C=O) groups is 2. The predicted octanol–water partition coefficient (Wildman–Crippen LogP) is 5.12. The van der Waals surface area contributed by atoms with Gasteiger partial charge in [-0.25, -0.2) is 13.8 Å². The van der Waals surface area contributed by atoms with E-state index < -0.39 is 45.0 Å². The molecular weight excluding hydrogens is 501 g/mol. The number of ether oxygens (including phenoxy) is 1. The number of nitrogens with one attached hydrogen (secondary N) is 3. The first kappa shape index (κ1) is 24.8. The number of methoxy groups -OCH3 is 1. The molecule has 2 atom stereocenters. The molecule has 0 saturated heterocycles. The van der Waals surface area contributed by atoms with Crippen molar-refractivity contribution in [1.29, 1.82) is 0 Å². The molecule has 0 radical (unpaired) electrons. The average molecular weight is 521 g/mol. The van der Waals surface area contributed by atoms with E-state index in [1.165, 1.54) is 19.2 Å². The van der Waals surface area contributed by atoms with E-state index in [1.54, 1.807) is 31.2 Å². The fourth-order valence-corrected chi connectivity index (χ4v) is 4.11. The Kier molecular flexibility index (Phi) is 6.93. The van der Waals surface area contributed by atoms with E-state index in [0.717, 1.165) is 12.1 Å². The Balaban J connectivity index is 1.72. The molecule has 4 rings (SSSR count). The topological polar surface area (TPSA) is 96.1 Å². The number of fused-ring (bicyclic) bond motifs is 1. The lowest BCUT2D eigenvalue weighted by molar-refractivity contribution is 0.0940. The number of alkyl halides is 1. The van der Waals surface area contributed by atoms with E-state index in [-0.39, 0.29) is 17.9 Å². The average Bonchev–Trinajstić information content (AvgIpc) is 3.20. The number of allylic oxidation sites excluding steroid dienone is 2. The molecule has 1 aliphatic carbocycles. The Morgan fingerprint density at radius 1 is 1.20 bits per heavy atom. The number of halogens is 4. The number of rotatable bonds is 6. The second kappa shape index (κ2) is 9.77. The van der Waals surface area contributed by atoms with Gasteiger partial charge >= 0.3 is 0 Å². The van der Waals surface area contributed by atoms with E-state index in [1.807, 2.05) is 0 Å². The summed E-state index contributed by atoms with van der Waals surface area (Å²) in [6, 6.07) is 4.00. The number of anilines is 1. The molecule has 3 aromatic rings. The highest BCUT2D eigenvalue weighted by molar-refractivity contribution is 6.34. The number of aromatic nitrogens is 2. The number of aromatic amines is 1. The van der Waals surface area contributed by atoms with Crippen molar-refractivity contribution in [2.45, 2.75) is 24.4 Å². The highest BCUT2D eigenvalue weighted by Gasteiger charge is 2.31. The number of benzene rings is 2. The zero-order valence-corrected chi connectivity index (χ0v) is 20.1. The van der Waals surface area contributed by atoms with Gasteiger partial charge in [0.1, 0.15) is 29.6 Å². The van der Waals surface area contributed by atoms with Crippen LogP contribution >= 0.6 is 23.2 Å². The lowest BCUT2D eigenvalue weighted by Gasteiger charge is -2.29. The number of amides is 2. The van der Waals surface area contributed by atoms with Crippen LogP contribution in [0.4, 0.5) is 14.5 Å². The highest BCUT2D eigenvalue weighted by Crippen LogP contribution is 2.29. The summed E-state index contributed by atoms with van der Waals surface area (Å²) in [5.41, 5.74) is 0.345. The monoisotopic (exact) mass is 520 g/mol. The normalized spacial score (nSPS) is 19.2. The minimum Gasteiger partial charge on any atom is -0.377 e. The maximum atomic E-state index is 14.2. The second-order valence-corrected chi connectivity index (χ2v) is 9.25. The van der Waals surface area contributed by atoms with Crippen LogP contribution in [0.1, 0.15) is 33.5 Å². The first-order chi connectivity index (χ1) is 16.6. The maximum Gasteiger partial charge on any atom is 0.260 e. The molecule has 3 N–H and O–H groups in total. The molecule has 182 valence electrons. The van der Waals surface area contributed by atoms with Gasteiger partial charge in [-0.1, -0.05) is 35.9 Å². The van der Waals surface area contributed by atoms with Gasteiger partial charge in [0.05, 0.1) is 32.6 Å². The Bertz CT molecular complexity index is 1380. The fraction of sp³-hybridized carbons (Fsp3) is 0.208. The number of nitrogens with zero attached hydrogens (tertiary/aromatic N) is 1. The van der Waals surface area contributed by atoms with Crippen LogP contribution in [-0.4, -0.2) is 39.8 Å². The van der Waals surface area contributed by atoms with Gasteiger partial charge in [0, 0.05) is 12.8 Å². The molecule has 0 fully saturated rings. The summed E-state index contributed by atoms with van der Waals surface area (Å²) in [4.78, 5) is 32.6. The molecule has 7 nitrogen and oxygen atoms in total. The van der Waals surface area contributed by atoms with Crippen molar-refractivity contribution >= 4 is 51.7 Å². The van der Waals surface area contributed by atoms with Crippen LogP contribution in [0, 0.1) is 11.6 Å². The third-order valence-electron chi connectivity index (χ3n) is 5.42. The summed E-state index contributed by atoms with van der Waals surface area (Å²) < 4.78 is 33.2. The van der Waals surface area contributed by atoms with E-state index in [0.29, 0.717) is 16.9 Å². The molecule has 35 heavy (non-hydrogen) atoms. The smallest absolute Gasteiger partial charge is 0.260 e. The van der Waals surface area contributed by atoms with Crippen LogP contribution < -0.4 is 10.6 Å². The lowest BCUT2D eigenvalue weighted by Crippen LogP contribution is -2.46. The first-order valence-corrected chi connectivity index (χ1v) is 11.2. The van der Waals surface area contributed by atoms with Gasteiger partial charge in [-0.05, 0) is 31.2 Å². The van der Waals surface area contributed by atoms with Gasteiger partial charge in [-0.15, -0.1) is 11.6 Å². The van der Waals surface area contributed by atoms with Crippen molar-refractivity contribution in [3.8, 4) is 0 Å². The van der Waals surface area contributed by atoms with Crippen LogP contribution in [0.25, 0.3) is 11.0 Å². The van der Waals surface area contributed by atoms with E-state index in [9.17, 15) is 18.4 Å². The highest BCUT2D eigenvalue weighted by atomic mass is 35.5. The molecule has 2 aromatic carbocycles. The van der Waals surface area contributed by atoms with Crippen molar-refractivity contribution in [3.05, 3.63) is 82.2 Å². The summed E-state index contributed by atoms with van der Waals surface area (Å²) in [6.07, 6.45) is 7.06. The van der Waals surface area contributed by atoms with Gasteiger partial charge in [-0.2, -0.15) is 0 Å². The third kappa shape index (κ3) is 5.07. The second-order valence-electron chi connectivity index (χ2n) is 8.06. The standard InChI is InChI=1S/C24H20Cl2F2N4O3/c1-24(26)8-4-3-5-17(24)31-22(33)13-9-12(10-16-21(13)32-18(30-16)11-35-2)29-23(34)19-14(27)6-7-15(28)20(19)25/h3-10,17H,11H2,1-2H3,(H,29,34)(H,30,32)(H,31,33). The largest absolute Gasteiger partial charge is 0.377 e. The third-order valence-corrected chi connectivity index (χ3v) is 6.15. The minimum atomic E-state index is -0.990. The van der Waals surface area contributed by atoms with Gasteiger partial charge < -0.3 is 20.4 Å². The van der Waals surface area contributed by atoms with E-state index in [4.69, 9.17) is 27.9 Å². The molecule has 0 bridgehead atoms. The fourth-order valence-electron chi connectivity index (χ4n) is 3.67. The number of imidazole rings is 1. The summed E-state index contributed by atoms with van der Waals surface area (Å²) in [7, 11) is 1.49. The molecule has 0 aliphatic heterocycles. The Labute approximate surface area is 209 Å². The van der Waals surface area contributed by atoms with Gasteiger partial charge in [0.2, 0.25) is 0 Å². The van der Waals surface area contributed by atoms with Crippen molar-refractivity contribution in [3.63, 3.8) is 0 Å². The van der Waals surface area contributed by atoms with Crippen molar-refractivity contribution in [2.75, 3.05) is 12.4 Å². The molecule has 2 amide bonds.